The van der Waals surface area contributed by atoms with Crippen LogP contribution in [0.1, 0.15) is 10.4 Å². The van der Waals surface area contributed by atoms with Crippen molar-refractivity contribution in [2.45, 2.75) is 13.0 Å². The Morgan fingerprint density at radius 2 is 2.00 bits per heavy atom. The summed E-state index contributed by atoms with van der Waals surface area (Å²) < 4.78 is 7.38. The summed E-state index contributed by atoms with van der Waals surface area (Å²) in [4.78, 5) is 27.7. The third-order valence-corrected chi connectivity index (χ3v) is 5.21. The minimum atomic E-state index is -0.906. The third kappa shape index (κ3) is 4.09. The molecule has 0 fully saturated rings. The Hall–Kier alpha value is -3.72. The number of hydrogen-bond acceptors (Lipinski definition) is 6. The van der Waals surface area contributed by atoms with E-state index in [2.05, 4.69) is 4.98 Å². The van der Waals surface area contributed by atoms with Crippen LogP contribution in [0.2, 0.25) is 0 Å². The first-order chi connectivity index (χ1) is 14.0. The van der Waals surface area contributed by atoms with Crippen LogP contribution in [0.5, 0.6) is 5.75 Å². The average molecular weight is 409 g/mol. The maximum absolute atomic E-state index is 11.5. The summed E-state index contributed by atoms with van der Waals surface area (Å²) in [5, 5.41) is 20.4. The Balaban J connectivity index is 1.60. The van der Waals surface area contributed by atoms with E-state index in [-0.39, 0.29) is 24.5 Å². The van der Waals surface area contributed by atoms with Crippen molar-refractivity contribution in [3.8, 4) is 17.0 Å². The van der Waals surface area contributed by atoms with Crippen molar-refractivity contribution < 1.29 is 19.6 Å². The predicted octanol–water partition coefficient (Wildman–Crippen LogP) is 4.18. The Bertz CT molecular complexity index is 1170. The van der Waals surface area contributed by atoms with Gasteiger partial charge in [0.2, 0.25) is 0 Å². The van der Waals surface area contributed by atoms with E-state index in [9.17, 15) is 14.9 Å². The van der Waals surface area contributed by atoms with Crippen LogP contribution in [0, 0.1) is 10.1 Å². The maximum atomic E-state index is 11.5. The Morgan fingerprint density at radius 1 is 1.21 bits per heavy atom. The van der Waals surface area contributed by atoms with Gasteiger partial charge in [0, 0.05) is 28.9 Å². The molecule has 2 aromatic carbocycles. The summed E-state index contributed by atoms with van der Waals surface area (Å²) in [6.45, 7) is 0.230. The van der Waals surface area contributed by atoms with Crippen LogP contribution in [0.4, 0.5) is 5.69 Å². The van der Waals surface area contributed by atoms with Gasteiger partial charge in [0.25, 0.3) is 0 Å². The molecule has 0 amide bonds. The molecule has 29 heavy (non-hydrogen) atoms. The molecule has 0 aliphatic heterocycles. The van der Waals surface area contributed by atoms with Crippen LogP contribution >= 0.6 is 11.3 Å². The fourth-order valence-corrected chi connectivity index (χ4v) is 3.84. The van der Waals surface area contributed by atoms with E-state index in [0.29, 0.717) is 21.1 Å². The van der Waals surface area contributed by atoms with Crippen molar-refractivity contribution in [2.24, 2.45) is 0 Å². The predicted molar refractivity (Wildman–Crippen MR) is 107 cm³/mol. The number of nitro benzene ring substituents is 1. The van der Waals surface area contributed by atoms with Crippen LogP contribution in [-0.4, -0.2) is 25.4 Å². The summed E-state index contributed by atoms with van der Waals surface area (Å²) in [6.07, 6.45) is 3.36. The number of imidazole rings is 1. The van der Waals surface area contributed by atoms with E-state index >= 15 is 0 Å². The number of fused-ring (bicyclic) bond motifs is 1. The van der Waals surface area contributed by atoms with E-state index in [1.807, 2.05) is 30.3 Å². The van der Waals surface area contributed by atoms with Crippen LogP contribution in [0.15, 0.2) is 60.9 Å². The van der Waals surface area contributed by atoms with E-state index < -0.39 is 10.9 Å². The van der Waals surface area contributed by atoms with Gasteiger partial charge in [-0.2, -0.15) is 0 Å². The molecule has 9 heteroatoms. The molecule has 0 aliphatic rings. The molecule has 4 rings (SSSR count). The molecule has 0 bridgehead atoms. The smallest absolute Gasteiger partial charge is 0.311 e. The molecular formula is C20H15N3O5S. The number of carboxylic acids is 1. The molecule has 0 unspecified atom stereocenters. The fraction of sp³-hybridized carbons (Fsp3) is 0.100. The molecule has 0 saturated carbocycles. The zero-order valence-electron chi connectivity index (χ0n) is 15.0. The lowest BCUT2D eigenvalue weighted by Gasteiger charge is -2.08. The van der Waals surface area contributed by atoms with Gasteiger partial charge in [0.15, 0.2) is 10.7 Å². The van der Waals surface area contributed by atoms with Gasteiger partial charge >= 0.3 is 11.7 Å². The minimum absolute atomic E-state index is 0.0672. The number of aliphatic carboxylic acids is 1. The summed E-state index contributed by atoms with van der Waals surface area (Å²) in [7, 11) is 0. The number of aromatic nitrogens is 2. The second-order valence-electron chi connectivity index (χ2n) is 6.30. The van der Waals surface area contributed by atoms with Gasteiger partial charge in [0.05, 0.1) is 17.0 Å². The highest BCUT2D eigenvalue weighted by Crippen LogP contribution is 2.33. The number of nitro groups is 1. The maximum Gasteiger partial charge on any atom is 0.311 e. The molecule has 0 radical (unpaired) electrons. The molecule has 0 aliphatic carbocycles. The number of nitrogens with zero attached hydrogens (tertiary/aromatic N) is 3. The molecule has 0 spiro atoms. The van der Waals surface area contributed by atoms with Crippen LogP contribution in [0.3, 0.4) is 0 Å². The first kappa shape index (κ1) is 18.6. The fourth-order valence-electron chi connectivity index (χ4n) is 2.89. The number of thiazole rings is 1. The third-order valence-electron chi connectivity index (χ3n) is 4.22. The lowest BCUT2D eigenvalue weighted by molar-refractivity contribution is -0.385. The minimum Gasteiger partial charge on any atom is -0.482 e. The number of ether oxygens (including phenoxy) is 1. The van der Waals surface area contributed by atoms with Crippen LogP contribution in [-0.2, 0) is 17.8 Å². The standard InChI is InChI=1S/C20H15N3O5S/c24-19(25)9-15-10-22-11-16(21-20(22)29-15)14-6-7-18(17(8-14)23(26)27)28-12-13-4-2-1-3-5-13/h1-8,10-11H,9,12H2,(H,24,25). The quantitative estimate of drug-likeness (QED) is 0.362. The molecule has 0 atom stereocenters. The Kier molecular flexibility index (Phi) is 4.96. The normalized spacial score (nSPS) is 10.9. The average Bonchev–Trinajstić information content (AvgIpc) is 3.25. The van der Waals surface area contributed by atoms with Gasteiger partial charge in [-0.3, -0.25) is 19.3 Å². The van der Waals surface area contributed by atoms with Crippen molar-refractivity contribution in [2.75, 3.05) is 0 Å². The summed E-state index contributed by atoms with van der Waals surface area (Å²) >= 11 is 1.27. The molecule has 1 N–H and O–H groups in total. The first-order valence-electron chi connectivity index (χ1n) is 8.64. The number of carboxylic acid groups (broad SMARTS) is 1. The van der Waals surface area contributed by atoms with Gasteiger partial charge in [-0.25, -0.2) is 4.98 Å². The van der Waals surface area contributed by atoms with Gasteiger partial charge in [-0.1, -0.05) is 30.3 Å². The van der Waals surface area contributed by atoms with Gasteiger partial charge in [0.1, 0.15) is 6.61 Å². The van der Waals surface area contributed by atoms with Gasteiger partial charge < -0.3 is 9.84 Å². The number of carbonyl (C=O) groups is 1. The largest absolute Gasteiger partial charge is 0.482 e. The van der Waals surface area contributed by atoms with Crippen molar-refractivity contribution in [1.82, 2.24) is 9.38 Å². The zero-order valence-corrected chi connectivity index (χ0v) is 15.8. The van der Waals surface area contributed by atoms with E-state index in [1.54, 1.807) is 28.9 Å². The first-order valence-corrected chi connectivity index (χ1v) is 9.46. The van der Waals surface area contributed by atoms with Crippen molar-refractivity contribution in [3.63, 3.8) is 0 Å². The number of benzene rings is 2. The Morgan fingerprint density at radius 3 is 2.69 bits per heavy atom. The molecule has 4 aromatic rings. The van der Waals surface area contributed by atoms with Crippen LogP contribution in [0.25, 0.3) is 16.2 Å². The van der Waals surface area contributed by atoms with E-state index in [1.165, 1.54) is 17.4 Å². The van der Waals surface area contributed by atoms with Gasteiger partial charge in [-0.15, -0.1) is 11.3 Å². The highest BCUT2D eigenvalue weighted by Gasteiger charge is 2.18. The highest BCUT2D eigenvalue weighted by molar-refractivity contribution is 7.17. The molecule has 2 heterocycles. The molecular weight excluding hydrogens is 394 g/mol. The Labute approximate surface area is 168 Å². The molecule has 8 nitrogen and oxygen atoms in total. The molecule has 146 valence electrons. The lowest BCUT2D eigenvalue weighted by atomic mass is 10.1. The topological polar surface area (TPSA) is 107 Å². The van der Waals surface area contributed by atoms with E-state index in [0.717, 1.165) is 5.56 Å². The van der Waals surface area contributed by atoms with Crippen LogP contribution < -0.4 is 4.74 Å². The number of rotatable bonds is 7. The zero-order chi connectivity index (χ0) is 20.4. The summed E-state index contributed by atoms with van der Waals surface area (Å²) in [5.41, 5.74) is 1.93. The highest BCUT2D eigenvalue weighted by atomic mass is 32.1. The lowest BCUT2D eigenvalue weighted by Crippen LogP contribution is -1.99. The molecule has 0 saturated heterocycles. The number of hydrogen-bond donors (Lipinski definition) is 1. The monoisotopic (exact) mass is 409 g/mol. The molecule has 2 aromatic heterocycles. The van der Waals surface area contributed by atoms with E-state index in [4.69, 9.17) is 9.84 Å². The summed E-state index contributed by atoms with van der Waals surface area (Å²) in [6, 6.07) is 14.1. The van der Waals surface area contributed by atoms with Crippen molar-refractivity contribution in [1.29, 1.82) is 0 Å². The van der Waals surface area contributed by atoms with Crippen molar-refractivity contribution in [3.05, 3.63) is 81.5 Å². The second kappa shape index (κ2) is 7.72. The second-order valence-corrected chi connectivity index (χ2v) is 7.39. The summed E-state index contributed by atoms with van der Waals surface area (Å²) in [5.74, 6) is -0.719. The SMILES string of the molecule is O=C(O)Cc1cn2cc(-c3ccc(OCc4ccccc4)c([N+](=O)[O-])c3)nc2s1. The van der Waals surface area contributed by atoms with Gasteiger partial charge in [-0.05, 0) is 17.7 Å². The van der Waals surface area contributed by atoms with Crippen molar-refractivity contribution >= 4 is 28.0 Å².